The fourth-order valence-corrected chi connectivity index (χ4v) is 2.21. The zero-order valence-corrected chi connectivity index (χ0v) is 12.9. The zero-order chi connectivity index (χ0) is 16.4. The second kappa shape index (κ2) is 6.15. The van der Waals surface area contributed by atoms with Crippen LogP contribution in [0.15, 0.2) is 24.8 Å². The Hall–Kier alpha value is -2.40. The van der Waals surface area contributed by atoms with Crippen LogP contribution < -0.4 is 5.73 Å². The molecule has 4 nitrogen and oxygen atoms in total. The number of aromatic nitrogens is 1. The van der Waals surface area contributed by atoms with Crippen LogP contribution in [0.25, 0.3) is 17.3 Å². The lowest BCUT2D eigenvalue weighted by Crippen LogP contribution is -2.08. The summed E-state index contributed by atoms with van der Waals surface area (Å²) in [4.78, 5) is 15.8. The number of methoxy groups -OCH3 is 1. The van der Waals surface area contributed by atoms with Gasteiger partial charge in [0.25, 0.3) is 0 Å². The van der Waals surface area contributed by atoms with Gasteiger partial charge in [0, 0.05) is 5.56 Å². The van der Waals surface area contributed by atoms with E-state index < -0.39 is 11.8 Å². The summed E-state index contributed by atoms with van der Waals surface area (Å²) >= 11 is 5.95. The second-order valence-corrected chi connectivity index (χ2v) is 4.97. The first kappa shape index (κ1) is 16.0. The van der Waals surface area contributed by atoms with Gasteiger partial charge in [-0.2, -0.15) is 0 Å². The van der Waals surface area contributed by atoms with E-state index in [9.17, 15) is 9.18 Å². The van der Waals surface area contributed by atoms with E-state index in [1.165, 1.54) is 13.2 Å². The van der Waals surface area contributed by atoms with Gasteiger partial charge in [-0.15, -0.1) is 0 Å². The number of carbonyl (C=O) groups excluding carboxylic acids is 1. The van der Waals surface area contributed by atoms with Crippen molar-refractivity contribution in [3.63, 3.8) is 0 Å². The minimum atomic E-state index is -0.738. The van der Waals surface area contributed by atoms with Crippen molar-refractivity contribution >= 4 is 29.3 Å². The van der Waals surface area contributed by atoms with Gasteiger partial charge in [-0.05, 0) is 30.2 Å². The topological polar surface area (TPSA) is 65.2 Å². The van der Waals surface area contributed by atoms with Gasteiger partial charge < -0.3 is 10.5 Å². The van der Waals surface area contributed by atoms with Gasteiger partial charge in [-0.3, -0.25) is 0 Å². The molecule has 0 bridgehead atoms. The first-order chi connectivity index (χ1) is 10.4. The Labute approximate surface area is 132 Å². The average molecular weight is 321 g/mol. The highest BCUT2D eigenvalue weighted by molar-refractivity contribution is 6.35. The number of esters is 1. The maximum atomic E-state index is 14.5. The van der Waals surface area contributed by atoms with E-state index in [0.717, 1.165) is 0 Å². The van der Waals surface area contributed by atoms with Crippen LogP contribution in [0.2, 0.25) is 5.02 Å². The molecule has 1 heterocycles. The lowest BCUT2D eigenvalue weighted by Gasteiger charge is -2.11. The van der Waals surface area contributed by atoms with Gasteiger partial charge in [0.15, 0.2) is 5.69 Å². The molecule has 0 fully saturated rings. The largest absolute Gasteiger partial charge is 0.464 e. The van der Waals surface area contributed by atoms with Crippen molar-refractivity contribution in [2.24, 2.45) is 0 Å². The van der Waals surface area contributed by atoms with Crippen molar-refractivity contribution in [3.8, 4) is 11.3 Å². The first-order valence-electron chi connectivity index (χ1n) is 6.37. The molecule has 0 atom stereocenters. The summed E-state index contributed by atoms with van der Waals surface area (Å²) in [5, 5.41) is -0.0181. The van der Waals surface area contributed by atoms with E-state index in [-0.39, 0.29) is 27.7 Å². The number of nitrogens with two attached hydrogens (primary N) is 1. The molecule has 114 valence electrons. The Balaban J connectivity index is 2.68. The number of hydrogen-bond acceptors (Lipinski definition) is 4. The SMILES string of the molecule is C=Cc1ccc(-c2cc(N)c(Cl)c(C(=O)OC)n2)c(F)c1C. The number of anilines is 1. The number of halogens is 2. The lowest BCUT2D eigenvalue weighted by molar-refractivity contribution is 0.0594. The maximum absolute atomic E-state index is 14.5. The molecular formula is C16H14ClFN2O2. The summed E-state index contributed by atoms with van der Waals surface area (Å²) in [5.74, 6) is -1.19. The average Bonchev–Trinajstić information content (AvgIpc) is 2.51. The van der Waals surface area contributed by atoms with E-state index >= 15 is 0 Å². The van der Waals surface area contributed by atoms with Crippen molar-refractivity contribution in [1.29, 1.82) is 0 Å². The fraction of sp³-hybridized carbons (Fsp3) is 0.125. The fourth-order valence-electron chi connectivity index (χ4n) is 2.04. The maximum Gasteiger partial charge on any atom is 0.358 e. The van der Waals surface area contributed by atoms with Crippen molar-refractivity contribution in [1.82, 2.24) is 4.98 Å². The highest BCUT2D eigenvalue weighted by Crippen LogP contribution is 2.31. The highest BCUT2D eigenvalue weighted by atomic mass is 35.5. The highest BCUT2D eigenvalue weighted by Gasteiger charge is 2.19. The summed E-state index contributed by atoms with van der Waals surface area (Å²) in [6, 6.07) is 4.68. The number of rotatable bonds is 3. The number of nitrogen functional groups attached to an aromatic ring is 1. The van der Waals surface area contributed by atoms with Crippen molar-refractivity contribution in [2.75, 3.05) is 12.8 Å². The van der Waals surface area contributed by atoms with E-state index in [1.807, 2.05) is 0 Å². The van der Waals surface area contributed by atoms with Crippen LogP contribution in [-0.2, 0) is 4.74 Å². The summed E-state index contributed by atoms with van der Waals surface area (Å²) in [7, 11) is 1.20. The number of pyridine rings is 1. The van der Waals surface area contributed by atoms with Gasteiger partial charge in [0.05, 0.1) is 23.5 Å². The molecule has 0 unspecified atom stereocenters. The van der Waals surface area contributed by atoms with Gasteiger partial charge in [-0.1, -0.05) is 30.3 Å². The monoisotopic (exact) mass is 320 g/mol. The van der Waals surface area contributed by atoms with Crippen molar-refractivity contribution in [2.45, 2.75) is 6.92 Å². The Bertz CT molecular complexity index is 775. The summed E-state index contributed by atoms with van der Waals surface area (Å²) < 4.78 is 19.1. The second-order valence-electron chi connectivity index (χ2n) is 4.60. The third-order valence-electron chi connectivity index (χ3n) is 3.29. The minimum Gasteiger partial charge on any atom is -0.464 e. The van der Waals surface area contributed by atoms with Crippen LogP contribution in [0.1, 0.15) is 21.6 Å². The standard InChI is InChI=1S/C16H14ClFN2O2/c1-4-9-5-6-10(14(18)8(9)2)12-7-11(19)13(17)15(20-12)16(21)22-3/h4-7H,1H2,2-3H3,(H2,19,20). The predicted octanol–water partition coefficient (Wildman–Crippen LogP) is 3.86. The number of ether oxygens (including phenoxy) is 1. The Morgan fingerprint density at radius 1 is 1.50 bits per heavy atom. The van der Waals surface area contributed by atoms with Crippen LogP contribution in [0.5, 0.6) is 0 Å². The van der Waals surface area contributed by atoms with Crippen LogP contribution in [0, 0.1) is 12.7 Å². The molecule has 1 aromatic heterocycles. The van der Waals surface area contributed by atoms with E-state index in [0.29, 0.717) is 11.1 Å². The molecule has 6 heteroatoms. The Morgan fingerprint density at radius 2 is 2.18 bits per heavy atom. The quantitative estimate of drug-likeness (QED) is 0.872. The van der Waals surface area contributed by atoms with E-state index in [4.69, 9.17) is 17.3 Å². The molecule has 0 aliphatic carbocycles. The van der Waals surface area contributed by atoms with Crippen LogP contribution >= 0.6 is 11.6 Å². The number of nitrogens with zero attached hydrogens (tertiary/aromatic N) is 1. The Morgan fingerprint density at radius 3 is 2.77 bits per heavy atom. The third-order valence-corrected chi connectivity index (χ3v) is 3.69. The number of carbonyl (C=O) groups is 1. The molecule has 1 aromatic carbocycles. The van der Waals surface area contributed by atoms with Crippen molar-refractivity contribution in [3.05, 3.63) is 52.4 Å². The summed E-state index contributed by atoms with van der Waals surface area (Å²) in [6.07, 6.45) is 1.56. The molecule has 2 aromatic rings. The number of hydrogen-bond donors (Lipinski definition) is 1. The molecule has 0 saturated heterocycles. The van der Waals surface area contributed by atoms with Crippen LogP contribution in [0.4, 0.5) is 10.1 Å². The smallest absolute Gasteiger partial charge is 0.358 e. The molecule has 22 heavy (non-hydrogen) atoms. The van der Waals surface area contributed by atoms with Gasteiger partial charge in [0.2, 0.25) is 0 Å². The molecule has 0 spiro atoms. The van der Waals surface area contributed by atoms with Gasteiger partial charge >= 0.3 is 5.97 Å². The van der Waals surface area contributed by atoms with E-state index in [1.54, 1.807) is 25.1 Å². The Kier molecular flexibility index (Phi) is 4.47. The first-order valence-corrected chi connectivity index (χ1v) is 6.74. The molecule has 0 aliphatic heterocycles. The summed E-state index contributed by atoms with van der Waals surface area (Å²) in [6.45, 7) is 5.26. The molecule has 2 rings (SSSR count). The van der Waals surface area contributed by atoms with Gasteiger partial charge in [0.1, 0.15) is 5.82 Å². The molecule has 0 saturated carbocycles. The summed E-state index contributed by atoms with van der Waals surface area (Å²) in [5.41, 5.74) is 7.29. The van der Waals surface area contributed by atoms with Crippen molar-refractivity contribution < 1.29 is 13.9 Å². The molecule has 2 N–H and O–H groups in total. The van der Waals surface area contributed by atoms with E-state index in [2.05, 4.69) is 16.3 Å². The molecule has 0 aliphatic rings. The van der Waals surface area contributed by atoms with Crippen LogP contribution in [0.3, 0.4) is 0 Å². The lowest BCUT2D eigenvalue weighted by atomic mass is 10.0. The minimum absolute atomic E-state index is 0.0181. The third kappa shape index (κ3) is 2.67. The molecular weight excluding hydrogens is 307 g/mol. The molecule has 0 radical (unpaired) electrons. The van der Waals surface area contributed by atoms with Gasteiger partial charge in [-0.25, -0.2) is 14.2 Å². The normalized spacial score (nSPS) is 10.4. The molecule has 0 amide bonds. The predicted molar refractivity (Wildman–Crippen MR) is 85.2 cm³/mol. The number of benzene rings is 1. The zero-order valence-electron chi connectivity index (χ0n) is 12.1. The van der Waals surface area contributed by atoms with Crippen LogP contribution in [-0.4, -0.2) is 18.1 Å².